The summed E-state index contributed by atoms with van der Waals surface area (Å²) in [6, 6.07) is 4.93. The van der Waals surface area contributed by atoms with Crippen LogP contribution in [0.4, 0.5) is 0 Å². The van der Waals surface area contributed by atoms with Crippen LogP contribution in [0.1, 0.15) is 31.2 Å². The van der Waals surface area contributed by atoms with E-state index in [1.165, 1.54) is 12.1 Å². The van der Waals surface area contributed by atoms with E-state index in [-0.39, 0.29) is 24.3 Å². The van der Waals surface area contributed by atoms with Crippen LogP contribution in [-0.4, -0.2) is 47.0 Å². The lowest BCUT2D eigenvalue weighted by atomic mass is 9.73. The molecule has 8 heteroatoms. The Morgan fingerprint density at radius 3 is 2.40 bits per heavy atom. The van der Waals surface area contributed by atoms with Gasteiger partial charge in [0.15, 0.2) is 9.84 Å². The molecular weight excluding hydrogens is 346 g/mol. The van der Waals surface area contributed by atoms with Gasteiger partial charge in [0, 0.05) is 6.42 Å². The van der Waals surface area contributed by atoms with Crippen LogP contribution in [-0.2, 0) is 25.8 Å². The van der Waals surface area contributed by atoms with Crippen molar-refractivity contribution in [3.8, 4) is 5.75 Å². The predicted octanol–water partition coefficient (Wildman–Crippen LogP) is 0.861. The van der Waals surface area contributed by atoms with Crippen LogP contribution in [0.2, 0.25) is 0 Å². The van der Waals surface area contributed by atoms with Crippen molar-refractivity contribution in [3.05, 3.63) is 29.8 Å². The number of phenolic OH excluding ortho intramolecular Hbond substituents is 1. The highest BCUT2D eigenvalue weighted by atomic mass is 32.2. The molecule has 1 aliphatic carbocycles. The summed E-state index contributed by atoms with van der Waals surface area (Å²) in [5, 5.41) is 21.2. The number of aliphatic carboxylic acids is 1. The fourth-order valence-corrected chi connectivity index (χ4v) is 6.37. The first-order valence-electron chi connectivity index (χ1n) is 8.28. The van der Waals surface area contributed by atoms with Gasteiger partial charge in [-0.3, -0.25) is 4.79 Å². The molecule has 7 nitrogen and oxygen atoms in total. The van der Waals surface area contributed by atoms with E-state index in [2.05, 4.69) is 5.32 Å². The van der Waals surface area contributed by atoms with Crippen molar-refractivity contribution in [3.63, 3.8) is 0 Å². The molecular formula is C17H21NO6S. The number of hydrogen-bond donors (Lipinski definition) is 3. The molecule has 1 saturated carbocycles. The first kappa shape index (κ1) is 17.7. The molecule has 1 spiro atoms. The molecule has 3 N–H and O–H groups in total. The van der Waals surface area contributed by atoms with E-state index in [4.69, 9.17) is 0 Å². The third kappa shape index (κ3) is 3.10. The van der Waals surface area contributed by atoms with Gasteiger partial charge in [-0.25, -0.2) is 13.2 Å². The number of benzene rings is 1. The SMILES string of the molecule is O=C(N[C@@H](Cc1ccc(O)cc1)C(=O)O)C1CCS(=O)(=O)C12CCC2. The minimum Gasteiger partial charge on any atom is -0.508 e. The maximum atomic E-state index is 12.6. The van der Waals surface area contributed by atoms with Crippen molar-refractivity contribution < 1.29 is 28.2 Å². The van der Waals surface area contributed by atoms with Crippen molar-refractivity contribution >= 4 is 21.7 Å². The number of rotatable bonds is 5. The molecule has 1 aromatic carbocycles. The summed E-state index contributed by atoms with van der Waals surface area (Å²) in [6.07, 6.45) is 2.04. The van der Waals surface area contributed by atoms with Gasteiger partial charge in [0.1, 0.15) is 11.8 Å². The second-order valence-corrected chi connectivity index (χ2v) is 9.30. The molecule has 3 rings (SSSR count). The molecule has 0 radical (unpaired) electrons. The Morgan fingerprint density at radius 2 is 1.88 bits per heavy atom. The monoisotopic (exact) mass is 367 g/mol. The summed E-state index contributed by atoms with van der Waals surface area (Å²) < 4.78 is 23.6. The summed E-state index contributed by atoms with van der Waals surface area (Å²) in [5.41, 5.74) is 0.655. The third-order valence-corrected chi connectivity index (χ3v) is 8.14. The molecule has 2 atom stereocenters. The fraction of sp³-hybridized carbons (Fsp3) is 0.529. The van der Waals surface area contributed by atoms with Gasteiger partial charge >= 0.3 is 5.97 Å². The lowest BCUT2D eigenvalue weighted by Gasteiger charge is -2.41. The molecule has 1 aromatic rings. The number of hydrogen-bond acceptors (Lipinski definition) is 5. The van der Waals surface area contributed by atoms with Crippen molar-refractivity contribution in [1.82, 2.24) is 5.32 Å². The number of carboxylic acid groups (broad SMARTS) is 1. The zero-order chi connectivity index (χ0) is 18.2. The summed E-state index contributed by atoms with van der Waals surface area (Å²) in [7, 11) is -3.30. The van der Waals surface area contributed by atoms with Crippen LogP contribution in [0.15, 0.2) is 24.3 Å². The summed E-state index contributed by atoms with van der Waals surface area (Å²) in [5.74, 6) is -2.28. The quantitative estimate of drug-likeness (QED) is 0.710. The van der Waals surface area contributed by atoms with E-state index in [9.17, 15) is 28.2 Å². The van der Waals surface area contributed by atoms with Crippen LogP contribution in [0, 0.1) is 5.92 Å². The Balaban J connectivity index is 1.73. The molecule has 1 aliphatic heterocycles. The minimum atomic E-state index is -3.30. The highest BCUT2D eigenvalue weighted by Gasteiger charge is 2.60. The smallest absolute Gasteiger partial charge is 0.326 e. The molecule has 0 aromatic heterocycles. The van der Waals surface area contributed by atoms with Crippen LogP contribution >= 0.6 is 0 Å². The fourth-order valence-electron chi connectivity index (χ4n) is 3.85. The summed E-state index contributed by atoms with van der Waals surface area (Å²) in [4.78, 5) is 24.1. The van der Waals surface area contributed by atoms with E-state index in [0.717, 1.165) is 6.42 Å². The van der Waals surface area contributed by atoms with E-state index in [0.29, 0.717) is 18.4 Å². The average molecular weight is 367 g/mol. The predicted molar refractivity (Wildman–Crippen MR) is 89.9 cm³/mol. The van der Waals surface area contributed by atoms with Gasteiger partial charge in [-0.15, -0.1) is 0 Å². The zero-order valence-electron chi connectivity index (χ0n) is 13.6. The van der Waals surface area contributed by atoms with E-state index < -0.39 is 38.4 Å². The van der Waals surface area contributed by atoms with Gasteiger partial charge in [0.2, 0.25) is 5.91 Å². The molecule has 0 bridgehead atoms. The molecule has 25 heavy (non-hydrogen) atoms. The van der Waals surface area contributed by atoms with Crippen LogP contribution in [0.5, 0.6) is 5.75 Å². The van der Waals surface area contributed by atoms with Crippen molar-refractivity contribution in [2.45, 2.75) is 42.9 Å². The standard InChI is InChI=1S/C17H21NO6S/c19-12-4-2-11(3-5-12)10-14(16(21)22)18-15(20)13-6-9-25(23,24)17(13)7-1-8-17/h2-5,13-14,19H,1,6-10H2,(H,18,20)(H,21,22)/t13?,14-/m0/s1. The summed E-state index contributed by atoms with van der Waals surface area (Å²) in [6.45, 7) is 0. The molecule has 1 amide bonds. The molecule has 1 saturated heterocycles. The van der Waals surface area contributed by atoms with Gasteiger partial charge in [-0.2, -0.15) is 0 Å². The van der Waals surface area contributed by atoms with Crippen LogP contribution in [0.3, 0.4) is 0 Å². The first-order valence-corrected chi connectivity index (χ1v) is 9.94. The van der Waals surface area contributed by atoms with E-state index >= 15 is 0 Å². The normalized spacial score (nSPS) is 24.4. The lowest BCUT2D eigenvalue weighted by Crippen LogP contribution is -2.54. The number of carboxylic acids is 1. The zero-order valence-corrected chi connectivity index (χ0v) is 14.5. The van der Waals surface area contributed by atoms with Gasteiger partial charge in [-0.05, 0) is 37.0 Å². The van der Waals surface area contributed by atoms with Crippen molar-refractivity contribution in [2.24, 2.45) is 5.92 Å². The van der Waals surface area contributed by atoms with Gasteiger partial charge < -0.3 is 15.5 Å². The maximum Gasteiger partial charge on any atom is 0.326 e. The number of aromatic hydroxyl groups is 1. The Morgan fingerprint density at radius 1 is 1.24 bits per heavy atom. The number of carbonyl (C=O) groups is 2. The Kier molecular flexibility index (Phi) is 4.49. The Labute approximate surface area is 146 Å². The van der Waals surface area contributed by atoms with E-state index in [1.807, 2.05) is 0 Å². The molecule has 1 heterocycles. The minimum absolute atomic E-state index is 0.0131. The molecule has 2 aliphatic rings. The van der Waals surface area contributed by atoms with Crippen molar-refractivity contribution in [1.29, 1.82) is 0 Å². The lowest BCUT2D eigenvalue weighted by molar-refractivity contribution is -0.142. The number of sulfone groups is 1. The number of carbonyl (C=O) groups excluding carboxylic acids is 1. The largest absolute Gasteiger partial charge is 0.508 e. The first-order chi connectivity index (χ1) is 11.7. The van der Waals surface area contributed by atoms with Gasteiger partial charge in [0.05, 0.1) is 16.4 Å². The molecule has 1 unspecified atom stereocenters. The topological polar surface area (TPSA) is 121 Å². The number of nitrogens with one attached hydrogen (secondary N) is 1. The third-order valence-electron chi connectivity index (χ3n) is 5.44. The van der Waals surface area contributed by atoms with E-state index in [1.54, 1.807) is 12.1 Å². The number of phenols is 1. The van der Waals surface area contributed by atoms with Gasteiger partial charge in [0.25, 0.3) is 0 Å². The second-order valence-electron chi connectivity index (χ2n) is 6.85. The summed E-state index contributed by atoms with van der Waals surface area (Å²) >= 11 is 0. The maximum absolute atomic E-state index is 12.6. The van der Waals surface area contributed by atoms with Crippen LogP contribution in [0.25, 0.3) is 0 Å². The molecule has 136 valence electrons. The highest BCUT2D eigenvalue weighted by Crippen LogP contribution is 2.51. The Bertz CT molecular complexity index is 782. The Hall–Kier alpha value is -2.09. The van der Waals surface area contributed by atoms with Crippen LogP contribution < -0.4 is 5.32 Å². The average Bonchev–Trinajstić information content (AvgIpc) is 2.79. The second kappa shape index (κ2) is 6.33. The van der Waals surface area contributed by atoms with Gasteiger partial charge in [-0.1, -0.05) is 18.6 Å². The highest BCUT2D eigenvalue weighted by molar-refractivity contribution is 7.93. The molecule has 2 fully saturated rings. The number of amides is 1. The van der Waals surface area contributed by atoms with Crippen molar-refractivity contribution in [2.75, 3.05) is 5.75 Å².